The molecule has 0 aromatic rings. The van der Waals surface area contributed by atoms with Crippen molar-refractivity contribution >= 4 is 30.4 Å². The Balaban J connectivity index is 0. The van der Waals surface area contributed by atoms with Crippen LogP contribution in [0.15, 0.2) is 0 Å². The predicted molar refractivity (Wildman–Crippen MR) is 111 cm³/mol. The Labute approximate surface area is 156 Å². The van der Waals surface area contributed by atoms with Crippen molar-refractivity contribution in [3.63, 3.8) is 0 Å². The van der Waals surface area contributed by atoms with Gasteiger partial charge >= 0.3 is 0 Å². The number of unbranched alkanes of at least 4 members (excludes halogenated alkanes) is 5. The molecule has 0 heterocycles. The first-order valence-corrected chi connectivity index (χ1v) is 14.2. The predicted octanol–water partition coefficient (Wildman–Crippen LogP) is 6.85. The first-order valence-electron chi connectivity index (χ1n) is 10.3. The SMILES string of the molecule is CC(C)[CH2][Al]([CH2]C(C)C)[CH2]C(C)C.CCCCCCC[CH2][AlH2]. The lowest BCUT2D eigenvalue weighted by Gasteiger charge is -2.17. The van der Waals surface area contributed by atoms with E-state index in [4.69, 9.17) is 0 Å². The van der Waals surface area contributed by atoms with Gasteiger partial charge in [-0.15, -0.1) is 5.28 Å². The molecule has 0 nitrogen and oxygen atoms in total. The van der Waals surface area contributed by atoms with E-state index in [9.17, 15) is 0 Å². The summed E-state index contributed by atoms with van der Waals surface area (Å²) in [7, 11) is 0. The summed E-state index contributed by atoms with van der Waals surface area (Å²) >= 11 is 1.00. The van der Waals surface area contributed by atoms with Crippen LogP contribution in [0, 0.1) is 17.8 Å². The lowest BCUT2D eigenvalue weighted by molar-refractivity contribution is 0.624. The molecule has 0 saturated carbocycles. The monoisotopic (exact) mass is 340 g/mol. The van der Waals surface area contributed by atoms with Gasteiger partial charge in [-0.2, -0.15) is 0 Å². The van der Waals surface area contributed by atoms with E-state index in [1.54, 1.807) is 15.8 Å². The van der Waals surface area contributed by atoms with Crippen LogP contribution in [-0.4, -0.2) is 30.4 Å². The Morgan fingerprint density at radius 2 is 1.00 bits per heavy atom. The van der Waals surface area contributed by atoms with Crippen LogP contribution in [0.25, 0.3) is 0 Å². The van der Waals surface area contributed by atoms with Crippen molar-refractivity contribution in [3.05, 3.63) is 0 Å². The second-order valence-corrected chi connectivity index (χ2v) is 12.7. The molecule has 0 spiro atoms. The van der Waals surface area contributed by atoms with E-state index in [0.29, 0.717) is 0 Å². The van der Waals surface area contributed by atoms with Gasteiger partial charge in [-0.3, -0.25) is 0 Å². The average molecular weight is 341 g/mol. The molecule has 0 fully saturated rings. The highest BCUT2D eigenvalue weighted by Crippen LogP contribution is 2.21. The van der Waals surface area contributed by atoms with E-state index in [1.807, 2.05) is 0 Å². The van der Waals surface area contributed by atoms with Gasteiger partial charge in [0, 0.05) is 0 Å². The smallest absolute Gasteiger partial charge is 0.101 e. The van der Waals surface area contributed by atoms with Gasteiger partial charge in [0.25, 0.3) is 14.1 Å². The zero-order chi connectivity index (χ0) is 17.4. The van der Waals surface area contributed by atoms with Gasteiger partial charge < -0.3 is 0 Å². The zero-order valence-electron chi connectivity index (χ0n) is 17.4. The molecule has 22 heavy (non-hydrogen) atoms. The third kappa shape index (κ3) is 23.3. The van der Waals surface area contributed by atoms with Crippen LogP contribution >= 0.6 is 0 Å². The molecule has 0 rings (SSSR count). The van der Waals surface area contributed by atoms with Crippen LogP contribution in [-0.2, 0) is 0 Å². The Morgan fingerprint density at radius 3 is 1.32 bits per heavy atom. The Kier molecular flexibility index (Phi) is 21.2. The van der Waals surface area contributed by atoms with Crippen LogP contribution in [0.1, 0.15) is 87.0 Å². The van der Waals surface area contributed by atoms with Crippen molar-refractivity contribution in [1.82, 2.24) is 0 Å². The molecule has 132 valence electrons. The fraction of sp³-hybridized carbons (Fsp3) is 1.00. The maximum absolute atomic E-state index is 2.38. The van der Waals surface area contributed by atoms with Crippen molar-refractivity contribution < 1.29 is 0 Å². The first-order chi connectivity index (χ1) is 10.3. The highest BCUT2D eigenvalue weighted by atomic mass is 27.2. The summed E-state index contributed by atoms with van der Waals surface area (Å²) in [4.78, 5) is 0. The minimum Gasteiger partial charge on any atom is -0.101 e. The summed E-state index contributed by atoms with van der Waals surface area (Å²) in [6, 6.07) is 0. The third-order valence-electron chi connectivity index (χ3n) is 4.12. The Bertz CT molecular complexity index is 170. The van der Waals surface area contributed by atoms with E-state index >= 15 is 0 Å². The summed E-state index contributed by atoms with van der Waals surface area (Å²) in [6.45, 7) is 16.5. The van der Waals surface area contributed by atoms with E-state index in [0.717, 1.165) is 17.8 Å². The van der Waals surface area contributed by atoms with Gasteiger partial charge in [-0.1, -0.05) is 121 Å². The molecule has 0 aliphatic carbocycles. The van der Waals surface area contributed by atoms with Crippen molar-refractivity contribution in [1.29, 1.82) is 0 Å². The summed E-state index contributed by atoms with van der Waals surface area (Å²) in [5, 5.41) is 6.16. The largest absolute Gasteiger partial charge is 0.262 e. The van der Waals surface area contributed by atoms with E-state index in [1.165, 1.54) is 60.1 Å². The highest BCUT2D eigenvalue weighted by molar-refractivity contribution is 6.58. The van der Waals surface area contributed by atoms with Gasteiger partial charge in [0.1, 0.15) is 0 Å². The van der Waals surface area contributed by atoms with Crippen LogP contribution in [0.3, 0.4) is 0 Å². The van der Waals surface area contributed by atoms with E-state index in [2.05, 4.69) is 48.5 Å². The van der Waals surface area contributed by atoms with Gasteiger partial charge in [0.05, 0.1) is 0 Å². The molecule has 0 aromatic heterocycles. The van der Waals surface area contributed by atoms with Crippen LogP contribution < -0.4 is 0 Å². The first kappa shape index (κ1) is 25.3. The van der Waals surface area contributed by atoms with Gasteiger partial charge in [0.15, 0.2) is 0 Å². The molecule has 0 unspecified atom stereocenters. The molecular formula is C20H46Al2. The Hall–Kier alpha value is 1.06. The molecule has 0 aliphatic heterocycles. The zero-order valence-corrected chi connectivity index (χ0v) is 20.5. The molecule has 0 aliphatic rings. The van der Waals surface area contributed by atoms with Crippen LogP contribution in [0.2, 0.25) is 21.1 Å². The summed E-state index contributed by atoms with van der Waals surface area (Å²) < 4.78 is 0. The molecule has 0 saturated heterocycles. The van der Waals surface area contributed by atoms with Crippen molar-refractivity contribution in [2.24, 2.45) is 17.8 Å². The third-order valence-corrected chi connectivity index (χ3v) is 9.66. The number of hydrogen-bond donors (Lipinski definition) is 0. The van der Waals surface area contributed by atoms with Gasteiger partial charge in [-0.25, -0.2) is 0 Å². The average Bonchev–Trinajstić information content (AvgIpc) is 2.37. The molecule has 0 atom stereocenters. The van der Waals surface area contributed by atoms with Crippen molar-refractivity contribution in [3.8, 4) is 0 Å². The lowest BCUT2D eigenvalue weighted by atomic mass is 10.1. The fourth-order valence-electron chi connectivity index (χ4n) is 3.32. The quantitative estimate of drug-likeness (QED) is 0.269. The van der Waals surface area contributed by atoms with Crippen LogP contribution in [0.4, 0.5) is 0 Å². The lowest BCUT2D eigenvalue weighted by Crippen LogP contribution is -2.19. The Morgan fingerprint density at radius 1 is 0.636 bits per heavy atom. The molecule has 0 bridgehead atoms. The fourth-order valence-corrected chi connectivity index (χ4v) is 8.40. The summed E-state index contributed by atoms with van der Waals surface area (Å²) in [5.41, 5.74) is 0. The second kappa shape index (κ2) is 18.4. The molecule has 2 heteroatoms. The number of hydrogen-bond acceptors (Lipinski definition) is 0. The van der Waals surface area contributed by atoms with Gasteiger partial charge in [0.2, 0.25) is 16.3 Å². The summed E-state index contributed by atoms with van der Waals surface area (Å²) in [5.74, 6) is 2.78. The molecule has 0 N–H and O–H groups in total. The van der Waals surface area contributed by atoms with E-state index < -0.39 is 14.1 Å². The standard InChI is InChI=1S/C8H17.3C4H9.2Al.2H/c1-3-5-7-8-6-4-2;3*1-4(2)3;;;;/h1,3-8H2,2H3;3*4H,1H2,2-3H3;;;;. The topological polar surface area (TPSA) is 0 Å². The molecule has 0 amide bonds. The normalized spacial score (nSPS) is 11.0. The molecule has 0 aromatic carbocycles. The summed E-state index contributed by atoms with van der Waals surface area (Å²) in [6.07, 6.45) is 8.76. The molecule has 0 radical (unpaired) electrons. The highest BCUT2D eigenvalue weighted by Gasteiger charge is 2.20. The minimum absolute atomic E-state index is 0.407. The maximum Gasteiger partial charge on any atom is 0.262 e. The van der Waals surface area contributed by atoms with E-state index in [-0.39, 0.29) is 0 Å². The molecular weight excluding hydrogens is 294 g/mol. The van der Waals surface area contributed by atoms with Crippen molar-refractivity contribution in [2.45, 2.75) is 108 Å². The van der Waals surface area contributed by atoms with Crippen molar-refractivity contribution in [2.75, 3.05) is 0 Å². The minimum atomic E-state index is -0.407. The van der Waals surface area contributed by atoms with Gasteiger partial charge in [-0.05, 0) is 0 Å². The second-order valence-electron chi connectivity index (χ2n) is 8.52. The number of rotatable bonds is 12. The van der Waals surface area contributed by atoms with Crippen LogP contribution in [0.5, 0.6) is 0 Å². The maximum atomic E-state index is 2.38.